The molecule has 0 bridgehead atoms. The molecule has 0 amide bonds. The molecular formula is C15H20O7. The van der Waals surface area contributed by atoms with Crippen LogP contribution in [0.1, 0.15) is 12.5 Å². The summed E-state index contributed by atoms with van der Waals surface area (Å²) in [6.45, 7) is 1.73. The van der Waals surface area contributed by atoms with E-state index in [9.17, 15) is 4.79 Å². The van der Waals surface area contributed by atoms with E-state index in [-0.39, 0.29) is 13.6 Å². The Morgan fingerprint density at radius 1 is 1.05 bits per heavy atom. The number of rotatable bonds is 9. The van der Waals surface area contributed by atoms with Gasteiger partial charge in [0.15, 0.2) is 25.1 Å². The third kappa shape index (κ3) is 4.94. The summed E-state index contributed by atoms with van der Waals surface area (Å²) in [6.07, 6.45) is 1.09. The Kier molecular flexibility index (Phi) is 7.21. The Morgan fingerprint density at radius 2 is 1.59 bits per heavy atom. The fourth-order valence-corrected chi connectivity index (χ4v) is 1.75. The van der Waals surface area contributed by atoms with Crippen molar-refractivity contribution in [2.24, 2.45) is 0 Å². The highest BCUT2D eigenvalue weighted by molar-refractivity contribution is 5.90. The number of carboxylic acids is 1. The van der Waals surface area contributed by atoms with E-state index in [0.717, 1.165) is 6.08 Å². The van der Waals surface area contributed by atoms with Crippen LogP contribution < -0.4 is 14.2 Å². The predicted molar refractivity (Wildman–Crippen MR) is 79.3 cm³/mol. The number of carbonyl (C=O) groups is 1. The van der Waals surface area contributed by atoms with Gasteiger partial charge >= 0.3 is 5.97 Å². The van der Waals surface area contributed by atoms with Crippen LogP contribution in [-0.2, 0) is 14.3 Å². The molecule has 0 unspecified atom stereocenters. The molecule has 0 atom stereocenters. The van der Waals surface area contributed by atoms with Gasteiger partial charge in [-0.1, -0.05) is 0 Å². The van der Waals surface area contributed by atoms with E-state index in [1.165, 1.54) is 21.3 Å². The van der Waals surface area contributed by atoms with E-state index in [4.69, 9.17) is 28.8 Å². The summed E-state index contributed by atoms with van der Waals surface area (Å²) in [5.41, 5.74) is 1.10. The van der Waals surface area contributed by atoms with Crippen LogP contribution in [0.4, 0.5) is 0 Å². The molecule has 122 valence electrons. The third-order valence-corrected chi connectivity index (χ3v) is 2.70. The van der Waals surface area contributed by atoms with E-state index in [0.29, 0.717) is 28.4 Å². The number of benzene rings is 1. The second-order valence-electron chi connectivity index (χ2n) is 4.27. The van der Waals surface area contributed by atoms with E-state index in [1.807, 2.05) is 0 Å². The van der Waals surface area contributed by atoms with Gasteiger partial charge in [-0.15, -0.1) is 0 Å². The summed E-state index contributed by atoms with van der Waals surface area (Å²) in [5.74, 6) is 0.222. The lowest BCUT2D eigenvalue weighted by molar-refractivity contribution is -0.131. The molecule has 1 rings (SSSR count). The molecule has 0 heterocycles. The molecule has 0 spiro atoms. The van der Waals surface area contributed by atoms with Crippen LogP contribution in [0.2, 0.25) is 0 Å². The summed E-state index contributed by atoms with van der Waals surface area (Å²) >= 11 is 0. The zero-order valence-corrected chi connectivity index (χ0v) is 13.0. The van der Waals surface area contributed by atoms with Crippen LogP contribution in [0, 0.1) is 0 Å². The van der Waals surface area contributed by atoms with E-state index in [2.05, 4.69) is 0 Å². The van der Waals surface area contributed by atoms with Crippen LogP contribution in [0.15, 0.2) is 18.2 Å². The highest BCUT2D eigenvalue weighted by Crippen LogP contribution is 2.38. The van der Waals surface area contributed by atoms with Gasteiger partial charge in [0.2, 0.25) is 0 Å². The first-order valence-electron chi connectivity index (χ1n) is 6.40. The maximum absolute atomic E-state index is 10.8. The zero-order chi connectivity index (χ0) is 16.5. The topological polar surface area (TPSA) is 83.5 Å². The maximum Gasteiger partial charge on any atom is 0.328 e. The highest BCUT2D eigenvalue weighted by Gasteiger charge is 2.15. The molecule has 0 fully saturated rings. The quantitative estimate of drug-likeness (QED) is 0.552. The molecule has 7 heteroatoms. The smallest absolute Gasteiger partial charge is 0.328 e. The van der Waals surface area contributed by atoms with Crippen molar-refractivity contribution in [3.8, 4) is 17.2 Å². The molecule has 7 nitrogen and oxygen atoms in total. The van der Waals surface area contributed by atoms with Crippen molar-refractivity contribution in [3.05, 3.63) is 23.8 Å². The van der Waals surface area contributed by atoms with Gasteiger partial charge in [0.05, 0.1) is 7.11 Å². The van der Waals surface area contributed by atoms with Crippen molar-refractivity contribution in [1.29, 1.82) is 0 Å². The SMILES string of the molecule is COCOc1cc(OC)c(/C(C)=C/C(=O)O)cc1OCOC. The average Bonchev–Trinajstić information content (AvgIpc) is 2.49. The van der Waals surface area contributed by atoms with Crippen molar-refractivity contribution in [2.45, 2.75) is 6.92 Å². The van der Waals surface area contributed by atoms with Crippen molar-refractivity contribution >= 4 is 11.5 Å². The molecule has 1 aromatic rings. The highest BCUT2D eigenvalue weighted by atomic mass is 16.7. The van der Waals surface area contributed by atoms with Crippen molar-refractivity contribution < 1.29 is 33.6 Å². The van der Waals surface area contributed by atoms with Crippen LogP contribution in [0.5, 0.6) is 17.2 Å². The van der Waals surface area contributed by atoms with Crippen molar-refractivity contribution in [1.82, 2.24) is 0 Å². The van der Waals surface area contributed by atoms with Crippen LogP contribution in [0.25, 0.3) is 5.57 Å². The minimum absolute atomic E-state index is 0.0246. The van der Waals surface area contributed by atoms with Crippen molar-refractivity contribution in [3.63, 3.8) is 0 Å². The Bertz CT molecular complexity index is 537. The number of hydrogen-bond donors (Lipinski definition) is 1. The van der Waals surface area contributed by atoms with E-state index >= 15 is 0 Å². The van der Waals surface area contributed by atoms with Gasteiger partial charge in [-0.2, -0.15) is 0 Å². The van der Waals surface area contributed by atoms with Crippen molar-refractivity contribution in [2.75, 3.05) is 34.9 Å². The molecule has 0 radical (unpaired) electrons. The number of aliphatic carboxylic acids is 1. The molecule has 0 aliphatic carbocycles. The first kappa shape index (κ1) is 17.8. The molecular weight excluding hydrogens is 292 g/mol. The van der Waals surface area contributed by atoms with E-state index < -0.39 is 5.97 Å². The summed E-state index contributed by atoms with van der Waals surface area (Å²) < 4.78 is 25.9. The second-order valence-corrected chi connectivity index (χ2v) is 4.27. The molecule has 0 aliphatic rings. The number of allylic oxidation sites excluding steroid dienone is 1. The van der Waals surface area contributed by atoms with Crippen LogP contribution >= 0.6 is 0 Å². The Labute approximate surface area is 129 Å². The van der Waals surface area contributed by atoms with E-state index in [1.54, 1.807) is 19.1 Å². The first-order chi connectivity index (χ1) is 10.5. The fourth-order valence-electron chi connectivity index (χ4n) is 1.75. The van der Waals surface area contributed by atoms with Gasteiger partial charge < -0.3 is 28.8 Å². The lowest BCUT2D eigenvalue weighted by Crippen LogP contribution is -2.05. The largest absolute Gasteiger partial charge is 0.496 e. The standard InChI is InChI=1S/C15H20O7/c1-10(5-15(16)17)11-6-13(21-8-18-2)14(22-9-19-3)7-12(11)20-4/h5-7H,8-9H2,1-4H3,(H,16,17)/b10-5+. The number of methoxy groups -OCH3 is 3. The second kappa shape index (κ2) is 8.91. The summed E-state index contributed by atoms with van der Waals surface area (Å²) in [6, 6.07) is 3.25. The maximum atomic E-state index is 10.8. The summed E-state index contributed by atoms with van der Waals surface area (Å²) in [7, 11) is 4.49. The number of ether oxygens (including phenoxy) is 5. The summed E-state index contributed by atoms with van der Waals surface area (Å²) in [4.78, 5) is 10.8. The van der Waals surface area contributed by atoms with Gasteiger partial charge in [0, 0.05) is 31.9 Å². The number of hydrogen-bond acceptors (Lipinski definition) is 6. The Balaban J connectivity index is 3.28. The normalized spacial score (nSPS) is 11.2. The average molecular weight is 312 g/mol. The van der Waals surface area contributed by atoms with Crippen LogP contribution in [-0.4, -0.2) is 46.0 Å². The Morgan fingerprint density at radius 3 is 2.05 bits per heavy atom. The molecule has 0 aliphatic heterocycles. The van der Waals surface area contributed by atoms with Gasteiger partial charge in [-0.25, -0.2) is 4.79 Å². The Hall–Kier alpha value is -2.25. The van der Waals surface area contributed by atoms with Gasteiger partial charge in [0.25, 0.3) is 0 Å². The predicted octanol–water partition coefficient (Wildman–Crippen LogP) is 2.15. The zero-order valence-electron chi connectivity index (χ0n) is 13.0. The summed E-state index contributed by atoms with van der Waals surface area (Å²) in [5, 5.41) is 8.88. The monoisotopic (exact) mass is 312 g/mol. The molecule has 22 heavy (non-hydrogen) atoms. The molecule has 0 saturated heterocycles. The molecule has 1 aromatic carbocycles. The lowest BCUT2D eigenvalue weighted by Gasteiger charge is -2.16. The van der Waals surface area contributed by atoms with Gasteiger partial charge in [-0.05, 0) is 18.6 Å². The van der Waals surface area contributed by atoms with Gasteiger partial charge in [0.1, 0.15) is 5.75 Å². The molecule has 0 saturated carbocycles. The molecule has 1 N–H and O–H groups in total. The van der Waals surface area contributed by atoms with Crippen LogP contribution in [0.3, 0.4) is 0 Å². The first-order valence-corrected chi connectivity index (χ1v) is 6.40. The lowest BCUT2D eigenvalue weighted by atomic mass is 10.0. The third-order valence-electron chi connectivity index (χ3n) is 2.70. The fraction of sp³-hybridized carbons (Fsp3) is 0.400. The number of carboxylic acid groups (broad SMARTS) is 1. The van der Waals surface area contributed by atoms with Gasteiger partial charge in [-0.3, -0.25) is 0 Å². The molecule has 0 aromatic heterocycles. The minimum Gasteiger partial charge on any atom is -0.496 e. The minimum atomic E-state index is -1.04.